The molecule has 0 saturated carbocycles. The highest BCUT2D eigenvalue weighted by molar-refractivity contribution is 5.99. The monoisotopic (exact) mass is 285 g/mol. The zero-order chi connectivity index (χ0) is 15.1. The van der Waals surface area contributed by atoms with E-state index in [9.17, 15) is 4.79 Å². The van der Waals surface area contributed by atoms with Crippen molar-refractivity contribution in [3.63, 3.8) is 0 Å². The van der Waals surface area contributed by atoms with E-state index in [0.717, 1.165) is 12.8 Å². The molecular weight excluding hydrogens is 266 g/mol. The molecule has 0 radical (unpaired) electrons. The number of Topliss-reactive ketones (excluding diaryl/α,β-unsaturated/α-hetero) is 1. The summed E-state index contributed by atoms with van der Waals surface area (Å²) in [6.07, 6.45) is 5.36. The molecular formula is C17H19NO3. The summed E-state index contributed by atoms with van der Waals surface area (Å²) in [6.45, 7) is 2.07. The maximum absolute atomic E-state index is 11.7. The number of ketones is 1. The third-order valence-corrected chi connectivity index (χ3v) is 3.18. The van der Waals surface area contributed by atoms with Crippen LogP contribution in [0.3, 0.4) is 0 Å². The predicted octanol–water partition coefficient (Wildman–Crippen LogP) is 3.30. The number of pyridine rings is 1. The number of aryl methyl sites for hydroxylation is 1. The lowest BCUT2D eigenvalue weighted by Crippen LogP contribution is -2.05. The van der Waals surface area contributed by atoms with E-state index < -0.39 is 0 Å². The molecule has 0 bridgehead atoms. The van der Waals surface area contributed by atoms with Crippen LogP contribution in [0.25, 0.3) is 0 Å². The van der Waals surface area contributed by atoms with E-state index in [1.54, 1.807) is 31.6 Å². The molecule has 0 saturated heterocycles. The number of carbonyl (C=O) groups excluding carboxylic acids is 1. The molecule has 0 fully saturated rings. The number of carbonyl (C=O) groups is 1. The van der Waals surface area contributed by atoms with Crippen LogP contribution in [0.5, 0.6) is 11.5 Å². The molecule has 21 heavy (non-hydrogen) atoms. The first-order valence-corrected chi connectivity index (χ1v) is 6.92. The second-order valence-electron chi connectivity index (χ2n) is 4.70. The van der Waals surface area contributed by atoms with Crippen LogP contribution in [0, 0.1) is 0 Å². The molecule has 1 heterocycles. The van der Waals surface area contributed by atoms with Gasteiger partial charge in [0.15, 0.2) is 5.78 Å². The Bertz CT molecular complexity index is 596. The number of ether oxygens (including phenoxy) is 2. The lowest BCUT2D eigenvalue weighted by atomic mass is 10.1. The van der Waals surface area contributed by atoms with Gasteiger partial charge in [-0.15, -0.1) is 0 Å². The van der Waals surface area contributed by atoms with Gasteiger partial charge in [-0.25, -0.2) is 0 Å². The minimum Gasteiger partial charge on any atom is -0.496 e. The first-order valence-electron chi connectivity index (χ1n) is 6.92. The number of hydrogen-bond acceptors (Lipinski definition) is 4. The normalized spacial score (nSPS) is 10.2. The second-order valence-corrected chi connectivity index (χ2v) is 4.70. The third kappa shape index (κ3) is 4.05. The highest BCUT2D eigenvalue weighted by Crippen LogP contribution is 2.28. The first kappa shape index (κ1) is 15.0. The highest BCUT2D eigenvalue weighted by atomic mass is 16.5. The summed E-state index contributed by atoms with van der Waals surface area (Å²) in [5.74, 6) is 1.07. The van der Waals surface area contributed by atoms with Gasteiger partial charge in [0, 0.05) is 12.4 Å². The van der Waals surface area contributed by atoms with Gasteiger partial charge in [0.1, 0.15) is 17.1 Å². The fourth-order valence-electron chi connectivity index (χ4n) is 2.16. The SMILES string of the molecule is COc1cccc(OCCCc2ccncc2)c1C(C)=O. The van der Waals surface area contributed by atoms with Gasteiger partial charge >= 0.3 is 0 Å². The minimum atomic E-state index is -0.0587. The van der Waals surface area contributed by atoms with Crippen LogP contribution >= 0.6 is 0 Å². The largest absolute Gasteiger partial charge is 0.496 e. The van der Waals surface area contributed by atoms with Gasteiger partial charge in [0.2, 0.25) is 0 Å². The standard InChI is InChI=1S/C17H19NO3/c1-13(19)17-15(20-2)6-3-7-16(17)21-12-4-5-14-8-10-18-11-9-14/h3,6-11H,4-5,12H2,1-2H3. The van der Waals surface area contributed by atoms with Crippen LogP contribution in [-0.2, 0) is 6.42 Å². The van der Waals surface area contributed by atoms with Crippen LogP contribution < -0.4 is 9.47 Å². The summed E-state index contributed by atoms with van der Waals surface area (Å²) >= 11 is 0. The fourth-order valence-corrected chi connectivity index (χ4v) is 2.16. The Morgan fingerprint density at radius 1 is 1.14 bits per heavy atom. The summed E-state index contributed by atoms with van der Waals surface area (Å²) in [4.78, 5) is 15.7. The third-order valence-electron chi connectivity index (χ3n) is 3.18. The van der Waals surface area contributed by atoms with Crippen molar-refractivity contribution in [2.45, 2.75) is 19.8 Å². The first-order chi connectivity index (χ1) is 10.2. The summed E-state index contributed by atoms with van der Waals surface area (Å²) in [7, 11) is 1.55. The summed E-state index contributed by atoms with van der Waals surface area (Å²) in [6, 6.07) is 9.37. The van der Waals surface area contributed by atoms with E-state index in [0.29, 0.717) is 23.7 Å². The number of hydrogen-bond donors (Lipinski definition) is 0. The molecule has 0 unspecified atom stereocenters. The lowest BCUT2D eigenvalue weighted by Gasteiger charge is -2.12. The van der Waals surface area contributed by atoms with Crippen molar-refractivity contribution in [3.05, 3.63) is 53.9 Å². The molecule has 0 aliphatic carbocycles. The number of methoxy groups -OCH3 is 1. The lowest BCUT2D eigenvalue weighted by molar-refractivity contribution is 0.101. The van der Waals surface area contributed by atoms with E-state index in [4.69, 9.17) is 9.47 Å². The zero-order valence-electron chi connectivity index (χ0n) is 12.3. The van der Waals surface area contributed by atoms with Crippen LogP contribution in [0.15, 0.2) is 42.7 Å². The Hall–Kier alpha value is -2.36. The van der Waals surface area contributed by atoms with Crippen LogP contribution in [0.1, 0.15) is 29.3 Å². The van der Waals surface area contributed by atoms with Gasteiger partial charge in [-0.1, -0.05) is 6.07 Å². The summed E-state index contributed by atoms with van der Waals surface area (Å²) in [5.41, 5.74) is 1.73. The van der Waals surface area contributed by atoms with E-state index in [1.807, 2.05) is 18.2 Å². The Balaban J connectivity index is 1.95. The molecule has 0 spiro atoms. The number of benzene rings is 1. The van der Waals surface area contributed by atoms with Crippen molar-refractivity contribution in [3.8, 4) is 11.5 Å². The number of rotatable bonds is 7. The van der Waals surface area contributed by atoms with E-state index in [2.05, 4.69) is 4.98 Å². The van der Waals surface area contributed by atoms with E-state index >= 15 is 0 Å². The molecule has 2 rings (SSSR count). The second kappa shape index (κ2) is 7.43. The Kier molecular flexibility index (Phi) is 5.32. The van der Waals surface area contributed by atoms with Crippen molar-refractivity contribution >= 4 is 5.78 Å². The summed E-state index contributed by atoms with van der Waals surface area (Å²) < 4.78 is 11.0. The van der Waals surface area contributed by atoms with Crippen LogP contribution in [-0.4, -0.2) is 24.5 Å². The van der Waals surface area contributed by atoms with Gasteiger partial charge in [0.05, 0.1) is 13.7 Å². The van der Waals surface area contributed by atoms with Crippen molar-refractivity contribution in [2.75, 3.05) is 13.7 Å². The van der Waals surface area contributed by atoms with E-state index in [1.165, 1.54) is 12.5 Å². The molecule has 1 aromatic heterocycles. The van der Waals surface area contributed by atoms with Crippen LogP contribution in [0.4, 0.5) is 0 Å². The maximum atomic E-state index is 11.7. The van der Waals surface area contributed by atoms with Crippen molar-refractivity contribution < 1.29 is 14.3 Å². The van der Waals surface area contributed by atoms with Gasteiger partial charge in [-0.05, 0) is 49.6 Å². The molecule has 110 valence electrons. The molecule has 0 aliphatic heterocycles. The molecule has 4 heteroatoms. The minimum absolute atomic E-state index is 0.0587. The van der Waals surface area contributed by atoms with Crippen molar-refractivity contribution in [1.82, 2.24) is 4.98 Å². The van der Waals surface area contributed by atoms with Crippen LogP contribution in [0.2, 0.25) is 0 Å². The smallest absolute Gasteiger partial charge is 0.167 e. The van der Waals surface area contributed by atoms with Crippen molar-refractivity contribution in [1.29, 1.82) is 0 Å². The van der Waals surface area contributed by atoms with Gasteiger partial charge in [0.25, 0.3) is 0 Å². The summed E-state index contributed by atoms with van der Waals surface area (Å²) in [5, 5.41) is 0. The molecule has 0 amide bonds. The molecule has 0 aliphatic rings. The van der Waals surface area contributed by atoms with Gasteiger partial charge < -0.3 is 9.47 Å². The zero-order valence-corrected chi connectivity index (χ0v) is 12.3. The van der Waals surface area contributed by atoms with Gasteiger partial charge in [-0.2, -0.15) is 0 Å². The Labute approximate surface area is 124 Å². The fraction of sp³-hybridized carbons (Fsp3) is 0.294. The Morgan fingerprint density at radius 2 is 1.86 bits per heavy atom. The predicted molar refractivity (Wildman–Crippen MR) is 81.1 cm³/mol. The van der Waals surface area contributed by atoms with E-state index in [-0.39, 0.29) is 5.78 Å². The quantitative estimate of drug-likeness (QED) is 0.578. The molecule has 4 nitrogen and oxygen atoms in total. The average molecular weight is 285 g/mol. The number of nitrogens with zero attached hydrogens (tertiary/aromatic N) is 1. The molecule has 1 aromatic carbocycles. The molecule has 0 atom stereocenters. The Morgan fingerprint density at radius 3 is 2.52 bits per heavy atom. The molecule has 0 N–H and O–H groups in total. The topological polar surface area (TPSA) is 48.4 Å². The van der Waals surface area contributed by atoms with Gasteiger partial charge in [-0.3, -0.25) is 9.78 Å². The molecule has 2 aromatic rings. The number of aromatic nitrogens is 1. The highest BCUT2D eigenvalue weighted by Gasteiger charge is 2.14. The van der Waals surface area contributed by atoms with Crippen molar-refractivity contribution in [2.24, 2.45) is 0 Å². The maximum Gasteiger partial charge on any atom is 0.167 e. The average Bonchev–Trinajstić information content (AvgIpc) is 2.52.